The average molecular weight is 889 g/mol. The van der Waals surface area contributed by atoms with Crippen LogP contribution in [-0.4, -0.2) is 34.9 Å². The van der Waals surface area contributed by atoms with Crippen LogP contribution < -0.4 is 5.32 Å². The van der Waals surface area contributed by atoms with Crippen LogP contribution in [0.2, 0.25) is 0 Å². The van der Waals surface area contributed by atoms with Gasteiger partial charge in [-0.3, -0.25) is 4.79 Å². The van der Waals surface area contributed by atoms with Crippen LogP contribution in [0.3, 0.4) is 0 Å². The summed E-state index contributed by atoms with van der Waals surface area (Å²) in [5.41, 5.74) is 0. The molecule has 0 aliphatic carbocycles. The van der Waals surface area contributed by atoms with Crippen LogP contribution in [0.1, 0.15) is 341 Å². The minimum Gasteiger partial charge on any atom is -0.394 e. The van der Waals surface area contributed by atoms with E-state index in [1.54, 1.807) is 6.08 Å². The zero-order valence-corrected chi connectivity index (χ0v) is 43.4. The summed E-state index contributed by atoms with van der Waals surface area (Å²) >= 11 is 0. The Labute approximate surface area is 397 Å². The highest BCUT2D eigenvalue weighted by atomic mass is 16.3. The van der Waals surface area contributed by atoms with Gasteiger partial charge in [-0.1, -0.05) is 328 Å². The summed E-state index contributed by atoms with van der Waals surface area (Å²) in [6, 6.07) is -0.618. The molecule has 4 nitrogen and oxygen atoms in total. The smallest absolute Gasteiger partial charge is 0.220 e. The first-order valence-corrected chi connectivity index (χ1v) is 29.4. The van der Waals surface area contributed by atoms with E-state index in [0.29, 0.717) is 6.42 Å². The summed E-state index contributed by atoms with van der Waals surface area (Å²) in [6.07, 6.45) is 72.5. The molecule has 4 heteroatoms. The third kappa shape index (κ3) is 52.0. The third-order valence-electron chi connectivity index (χ3n) is 14.0. The molecular formula is C59H117NO3. The van der Waals surface area contributed by atoms with Crippen molar-refractivity contribution in [2.24, 2.45) is 0 Å². The molecule has 376 valence electrons. The second-order valence-corrected chi connectivity index (χ2v) is 20.4. The van der Waals surface area contributed by atoms with Crippen LogP contribution in [0.5, 0.6) is 0 Å². The van der Waals surface area contributed by atoms with E-state index in [0.717, 1.165) is 25.7 Å². The zero-order chi connectivity index (χ0) is 45.6. The lowest BCUT2D eigenvalue weighted by molar-refractivity contribution is -0.123. The summed E-state index contributed by atoms with van der Waals surface area (Å²) in [7, 11) is 0. The monoisotopic (exact) mass is 888 g/mol. The van der Waals surface area contributed by atoms with Gasteiger partial charge < -0.3 is 15.5 Å². The molecule has 0 heterocycles. The lowest BCUT2D eigenvalue weighted by Gasteiger charge is -2.20. The van der Waals surface area contributed by atoms with E-state index in [9.17, 15) is 15.0 Å². The molecule has 0 fully saturated rings. The van der Waals surface area contributed by atoms with Gasteiger partial charge in [-0.05, 0) is 19.3 Å². The van der Waals surface area contributed by atoms with Gasteiger partial charge in [-0.15, -0.1) is 0 Å². The molecule has 0 aromatic heterocycles. The molecule has 0 bridgehead atoms. The molecule has 0 aromatic carbocycles. The normalized spacial score (nSPS) is 12.8. The maximum absolute atomic E-state index is 12.5. The third-order valence-corrected chi connectivity index (χ3v) is 14.0. The molecule has 0 aromatic rings. The predicted molar refractivity (Wildman–Crippen MR) is 281 cm³/mol. The topological polar surface area (TPSA) is 69.6 Å². The maximum atomic E-state index is 12.5. The number of amides is 1. The standard InChI is InChI=1S/C59H117NO3/c1-3-5-7-9-11-13-15-17-19-21-23-24-25-26-27-28-29-30-31-32-33-34-35-37-38-40-42-44-46-48-50-52-54-58(62)57(56-61)60-59(63)55-53-51-49-47-45-43-41-39-36-22-20-18-16-14-12-10-8-6-4-2/h52,54,57-58,61-62H,3-51,53,55-56H2,1-2H3,(H,60,63)/b54-52+. The Hall–Kier alpha value is -0.870. The fourth-order valence-corrected chi connectivity index (χ4v) is 9.54. The highest BCUT2D eigenvalue weighted by molar-refractivity contribution is 5.76. The largest absolute Gasteiger partial charge is 0.394 e. The van der Waals surface area contributed by atoms with Crippen molar-refractivity contribution in [3.8, 4) is 0 Å². The molecule has 3 N–H and O–H groups in total. The van der Waals surface area contributed by atoms with Crippen molar-refractivity contribution < 1.29 is 15.0 Å². The van der Waals surface area contributed by atoms with Crippen LogP contribution in [-0.2, 0) is 4.79 Å². The highest BCUT2D eigenvalue weighted by Gasteiger charge is 2.18. The SMILES string of the molecule is CCCCCCCCCCCCCCCCCCCCCCCCCCCCCCCC/C=C/C(O)C(CO)NC(=O)CCCCCCCCCCCCCCCCCCCCC. The second kappa shape index (κ2) is 55.5. The zero-order valence-electron chi connectivity index (χ0n) is 43.4. The fraction of sp³-hybridized carbons (Fsp3) is 0.949. The maximum Gasteiger partial charge on any atom is 0.220 e. The molecule has 63 heavy (non-hydrogen) atoms. The van der Waals surface area contributed by atoms with Crippen molar-refractivity contribution >= 4 is 5.91 Å². The molecule has 0 radical (unpaired) electrons. The van der Waals surface area contributed by atoms with E-state index in [4.69, 9.17) is 0 Å². The fourth-order valence-electron chi connectivity index (χ4n) is 9.54. The molecule has 0 saturated heterocycles. The lowest BCUT2D eigenvalue weighted by Crippen LogP contribution is -2.45. The van der Waals surface area contributed by atoms with Gasteiger partial charge in [0, 0.05) is 6.42 Å². The van der Waals surface area contributed by atoms with Crippen molar-refractivity contribution in [2.75, 3.05) is 6.61 Å². The van der Waals surface area contributed by atoms with E-state index in [1.165, 1.54) is 295 Å². The van der Waals surface area contributed by atoms with E-state index >= 15 is 0 Å². The first-order chi connectivity index (χ1) is 31.2. The summed E-state index contributed by atoms with van der Waals surface area (Å²) in [6.45, 7) is 4.35. The average Bonchev–Trinajstić information content (AvgIpc) is 3.29. The Morgan fingerprint density at radius 3 is 0.825 bits per heavy atom. The number of rotatable bonds is 55. The molecular weight excluding hydrogens is 771 g/mol. The summed E-state index contributed by atoms with van der Waals surface area (Å²) in [5, 5.41) is 23.2. The van der Waals surface area contributed by atoms with Crippen LogP contribution in [0, 0.1) is 0 Å². The van der Waals surface area contributed by atoms with E-state index in [-0.39, 0.29) is 12.5 Å². The van der Waals surface area contributed by atoms with Crippen LogP contribution in [0.15, 0.2) is 12.2 Å². The summed E-state index contributed by atoms with van der Waals surface area (Å²) in [4.78, 5) is 12.5. The van der Waals surface area contributed by atoms with Crippen LogP contribution in [0.25, 0.3) is 0 Å². The molecule has 0 aliphatic rings. The van der Waals surface area contributed by atoms with Crippen molar-refractivity contribution in [1.82, 2.24) is 5.32 Å². The predicted octanol–water partition coefficient (Wildman–Crippen LogP) is 19.3. The number of carbonyl (C=O) groups is 1. The van der Waals surface area contributed by atoms with Crippen molar-refractivity contribution in [2.45, 2.75) is 353 Å². The Morgan fingerprint density at radius 2 is 0.587 bits per heavy atom. The van der Waals surface area contributed by atoms with E-state index in [1.807, 2.05) is 6.08 Å². The minimum atomic E-state index is -0.836. The highest BCUT2D eigenvalue weighted by Crippen LogP contribution is 2.18. The van der Waals surface area contributed by atoms with Gasteiger partial charge in [0.1, 0.15) is 0 Å². The molecule has 0 aliphatic heterocycles. The quantitative estimate of drug-likeness (QED) is 0.0421. The summed E-state index contributed by atoms with van der Waals surface area (Å²) < 4.78 is 0. The molecule has 2 atom stereocenters. The Morgan fingerprint density at radius 1 is 0.365 bits per heavy atom. The number of carbonyl (C=O) groups excluding carboxylic acids is 1. The van der Waals surface area contributed by atoms with Crippen molar-refractivity contribution in [1.29, 1.82) is 0 Å². The minimum absolute atomic E-state index is 0.0560. The van der Waals surface area contributed by atoms with Gasteiger partial charge in [-0.25, -0.2) is 0 Å². The van der Waals surface area contributed by atoms with Gasteiger partial charge in [0.25, 0.3) is 0 Å². The molecule has 1 amide bonds. The molecule has 0 rings (SSSR count). The molecule has 2 unspecified atom stereocenters. The van der Waals surface area contributed by atoms with Crippen molar-refractivity contribution in [3.63, 3.8) is 0 Å². The number of hydrogen-bond donors (Lipinski definition) is 3. The summed E-state index contributed by atoms with van der Waals surface area (Å²) in [5.74, 6) is -0.0560. The van der Waals surface area contributed by atoms with E-state index < -0.39 is 12.1 Å². The number of allylic oxidation sites excluding steroid dienone is 1. The van der Waals surface area contributed by atoms with Crippen LogP contribution in [0.4, 0.5) is 0 Å². The first kappa shape index (κ1) is 62.1. The van der Waals surface area contributed by atoms with Gasteiger partial charge in [0.05, 0.1) is 18.8 Å². The number of aliphatic hydroxyl groups excluding tert-OH is 2. The molecule has 0 saturated carbocycles. The van der Waals surface area contributed by atoms with Gasteiger partial charge in [-0.2, -0.15) is 0 Å². The van der Waals surface area contributed by atoms with Gasteiger partial charge in [0.15, 0.2) is 0 Å². The van der Waals surface area contributed by atoms with Gasteiger partial charge in [0.2, 0.25) is 5.91 Å². The Kier molecular flexibility index (Phi) is 54.7. The number of hydrogen-bond acceptors (Lipinski definition) is 3. The Bertz CT molecular complexity index is 875. The van der Waals surface area contributed by atoms with Gasteiger partial charge >= 0.3 is 0 Å². The first-order valence-electron chi connectivity index (χ1n) is 29.4. The second-order valence-electron chi connectivity index (χ2n) is 20.4. The van der Waals surface area contributed by atoms with Crippen molar-refractivity contribution in [3.05, 3.63) is 12.2 Å². The van der Waals surface area contributed by atoms with E-state index in [2.05, 4.69) is 19.2 Å². The molecule has 0 spiro atoms. The number of aliphatic hydroxyl groups is 2. The number of nitrogens with one attached hydrogen (secondary N) is 1. The lowest BCUT2D eigenvalue weighted by atomic mass is 10.0. The van der Waals surface area contributed by atoms with Crippen LogP contribution >= 0.6 is 0 Å². The Balaban J connectivity index is 3.42. The number of unbranched alkanes of at least 4 members (excludes halogenated alkanes) is 48.